The van der Waals surface area contributed by atoms with Gasteiger partial charge in [0.25, 0.3) is 0 Å². The van der Waals surface area contributed by atoms with E-state index in [-0.39, 0.29) is 0 Å². The first-order valence-corrected chi connectivity index (χ1v) is 7.07. The molecule has 0 fully saturated rings. The largest absolute Gasteiger partial charge is 0.282 e. The van der Waals surface area contributed by atoms with Crippen LogP contribution in [0.15, 0.2) is 0 Å². The molecule has 1 unspecified atom stereocenters. The van der Waals surface area contributed by atoms with E-state index in [1.165, 1.54) is 55.5 Å². The van der Waals surface area contributed by atoms with Crippen molar-refractivity contribution in [1.82, 2.24) is 10.2 Å². The van der Waals surface area contributed by atoms with Crippen molar-refractivity contribution in [3.8, 4) is 0 Å². The Labute approximate surface area is 106 Å². The van der Waals surface area contributed by atoms with Gasteiger partial charge in [0.05, 0.1) is 5.69 Å². The number of nitrogens with one attached hydrogen (secondary N) is 1. The molecule has 0 aliphatic rings. The van der Waals surface area contributed by atoms with Gasteiger partial charge < -0.3 is 0 Å². The number of aromatic nitrogens is 2. The van der Waals surface area contributed by atoms with E-state index in [4.69, 9.17) is 0 Å². The summed E-state index contributed by atoms with van der Waals surface area (Å²) < 4.78 is 0. The van der Waals surface area contributed by atoms with Crippen LogP contribution in [0.4, 0.5) is 0 Å². The monoisotopic (exact) mass is 236 g/mol. The highest BCUT2D eigenvalue weighted by Crippen LogP contribution is 2.36. The Kier molecular flexibility index (Phi) is 5.23. The lowest BCUT2D eigenvalue weighted by atomic mass is 9.75. The maximum absolute atomic E-state index is 4.35. The fourth-order valence-electron chi connectivity index (χ4n) is 2.86. The lowest BCUT2D eigenvalue weighted by Gasteiger charge is -2.29. The Morgan fingerprint density at radius 1 is 1.12 bits per heavy atom. The number of rotatable bonds is 7. The fraction of sp³-hybridized carbons (Fsp3) is 0.800. The molecule has 0 bridgehead atoms. The summed E-state index contributed by atoms with van der Waals surface area (Å²) in [6.07, 6.45) is 7.85. The molecule has 2 nitrogen and oxygen atoms in total. The highest BCUT2D eigenvalue weighted by Gasteiger charge is 2.29. The molecule has 1 N–H and O–H groups in total. The van der Waals surface area contributed by atoms with Gasteiger partial charge in [0, 0.05) is 11.3 Å². The van der Waals surface area contributed by atoms with Crippen LogP contribution in [0.1, 0.15) is 76.2 Å². The van der Waals surface area contributed by atoms with Gasteiger partial charge in [-0.3, -0.25) is 5.10 Å². The van der Waals surface area contributed by atoms with Gasteiger partial charge in [0.1, 0.15) is 0 Å². The zero-order valence-electron chi connectivity index (χ0n) is 12.2. The number of unbranched alkanes of at least 4 members (excludes halogenated alkanes) is 3. The SMILES string of the molecule is CCCCCCC(C)(CC)c1c(C)n[nH]c1C. The van der Waals surface area contributed by atoms with E-state index in [9.17, 15) is 0 Å². The van der Waals surface area contributed by atoms with E-state index in [0.29, 0.717) is 5.41 Å². The van der Waals surface area contributed by atoms with Gasteiger partial charge in [0.2, 0.25) is 0 Å². The Morgan fingerprint density at radius 2 is 1.82 bits per heavy atom. The molecule has 0 radical (unpaired) electrons. The lowest BCUT2D eigenvalue weighted by Crippen LogP contribution is -2.22. The third-order valence-electron chi connectivity index (χ3n) is 4.09. The molecule has 0 spiro atoms. The van der Waals surface area contributed by atoms with Crippen molar-refractivity contribution in [2.24, 2.45) is 0 Å². The van der Waals surface area contributed by atoms with E-state index in [2.05, 4.69) is 44.8 Å². The average molecular weight is 236 g/mol. The minimum Gasteiger partial charge on any atom is -0.282 e. The van der Waals surface area contributed by atoms with E-state index < -0.39 is 0 Å². The predicted molar refractivity (Wildman–Crippen MR) is 74.5 cm³/mol. The highest BCUT2D eigenvalue weighted by molar-refractivity contribution is 5.31. The molecular weight excluding hydrogens is 208 g/mol. The summed E-state index contributed by atoms with van der Waals surface area (Å²) in [4.78, 5) is 0. The third kappa shape index (κ3) is 3.34. The van der Waals surface area contributed by atoms with Gasteiger partial charge in [-0.2, -0.15) is 5.10 Å². The van der Waals surface area contributed by atoms with Gasteiger partial charge in [-0.25, -0.2) is 0 Å². The van der Waals surface area contributed by atoms with Crippen molar-refractivity contribution in [3.63, 3.8) is 0 Å². The molecule has 17 heavy (non-hydrogen) atoms. The number of hydrogen-bond donors (Lipinski definition) is 1. The van der Waals surface area contributed by atoms with E-state index in [0.717, 1.165) is 0 Å². The van der Waals surface area contributed by atoms with Gasteiger partial charge in [0.15, 0.2) is 0 Å². The second-order valence-electron chi connectivity index (χ2n) is 5.53. The van der Waals surface area contributed by atoms with Crippen LogP contribution in [0.2, 0.25) is 0 Å². The van der Waals surface area contributed by atoms with Crippen LogP contribution in [-0.4, -0.2) is 10.2 Å². The number of hydrogen-bond acceptors (Lipinski definition) is 1. The summed E-state index contributed by atoms with van der Waals surface area (Å²) >= 11 is 0. The minimum atomic E-state index is 0.301. The third-order valence-corrected chi connectivity index (χ3v) is 4.09. The quantitative estimate of drug-likeness (QED) is 0.685. The molecule has 1 atom stereocenters. The molecule has 1 rings (SSSR count). The molecule has 0 aliphatic heterocycles. The first-order valence-electron chi connectivity index (χ1n) is 7.07. The maximum Gasteiger partial charge on any atom is 0.0631 e. The summed E-state index contributed by atoms with van der Waals surface area (Å²) in [6, 6.07) is 0. The molecule has 0 saturated carbocycles. The molecule has 0 saturated heterocycles. The average Bonchev–Trinajstić information content (AvgIpc) is 2.65. The van der Waals surface area contributed by atoms with Crippen molar-refractivity contribution >= 4 is 0 Å². The minimum absolute atomic E-state index is 0.301. The predicted octanol–water partition coefficient (Wildman–Crippen LogP) is 4.66. The standard InChI is InChI=1S/C15H28N2/c1-6-8-9-10-11-15(5,7-2)14-12(3)16-17-13(14)4/h6-11H2,1-5H3,(H,16,17). The zero-order chi connectivity index (χ0) is 12.9. The highest BCUT2D eigenvalue weighted by atomic mass is 15.1. The zero-order valence-corrected chi connectivity index (χ0v) is 12.2. The van der Waals surface area contributed by atoms with E-state index in [1.54, 1.807) is 0 Å². The molecule has 1 aromatic heterocycles. The molecular formula is C15H28N2. The topological polar surface area (TPSA) is 28.7 Å². The van der Waals surface area contributed by atoms with Crippen molar-refractivity contribution in [3.05, 3.63) is 17.0 Å². The lowest BCUT2D eigenvalue weighted by molar-refractivity contribution is 0.392. The Balaban J connectivity index is 2.74. The van der Waals surface area contributed by atoms with Gasteiger partial charge in [-0.15, -0.1) is 0 Å². The van der Waals surface area contributed by atoms with Gasteiger partial charge in [-0.05, 0) is 32.1 Å². The maximum atomic E-state index is 4.35. The molecule has 2 heteroatoms. The Hall–Kier alpha value is -0.790. The Bertz CT molecular complexity index is 321. The summed E-state index contributed by atoms with van der Waals surface area (Å²) in [5, 5.41) is 7.48. The summed E-state index contributed by atoms with van der Waals surface area (Å²) in [5.74, 6) is 0. The number of aromatic amines is 1. The van der Waals surface area contributed by atoms with Crippen molar-refractivity contribution < 1.29 is 0 Å². The number of nitrogens with zero attached hydrogens (tertiary/aromatic N) is 1. The van der Waals surface area contributed by atoms with Crippen LogP contribution < -0.4 is 0 Å². The first kappa shape index (κ1) is 14.3. The molecule has 0 aromatic carbocycles. The Morgan fingerprint density at radius 3 is 2.29 bits per heavy atom. The van der Waals surface area contributed by atoms with Crippen molar-refractivity contribution in [2.45, 2.75) is 78.6 Å². The second-order valence-corrected chi connectivity index (χ2v) is 5.53. The summed E-state index contributed by atoms with van der Waals surface area (Å²) in [6.45, 7) is 11.2. The number of aryl methyl sites for hydroxylation is 2. The van der Waals surface area contributed by atoms with Crippen LogP contribution in [0.25, 0.3) is 0 Å². The van der Waals surface area contributed by atoms with Crippen LogP contribution in [-0.2, 0) is 5.41 Å². The van der Waals surface area contributed by atoms with Gasteiger partial charge in [-0.1, -0.05) is 46.5 Å². The van der Waals surface area contributed by atoms with Crippen molar-refractivity contribution in [2.75, 3.05) is 0 Å². The smallest absolute Gasteiger partial charge is 0.0631 e. The molecule has 98 valence electrons. The van der Waals surface area contributed by atoms with Crippen molar-refractivity contribution in [1.29, 1.82) is 0 Å². The summed E-state index contributed by atoms with van der Waals surface area (Å²) in [5.41, 5.74) is 4.19. The van der Waals surface area contributed by atoms with Crippen LogP contribution in [0, 0.1) is 13.8 Å². The van der Waals surface area contributed by atoms with E-state index in [1.807, 2.05) is 0 Å². The molecule has 0 amide bonds. The van der Waals surface area contributed by atoms with Gasteiger partial charge >= 0.3 is 0 Å². The molecule has 1 aromatic rings. The van der Waals surface area contributed by atoms with Crippen LogP contribution >= 0.6 is 0 Å². The first-order chi connectivity index (χ1) is 8.05. The molecule has 0 aliphatic carbocycles. The van der Waals surface area contributed by atoms with Crippen LogP contribution in [0.5, 0.6) is 0 Å². The molecule has 1 heterocycles. The number of H-pyrrole nitrogens is 1. The van der Waals surface area contributed by atoms with E-state index >= 15 is 0 Å². The van der Waals surface area contributed by atoms with Crippen LogP contribution in [0.3, 0.4) is 0 Å². The summed E-state index contributed by atoms with van der Waals surface area (Å²) in [7, 11) is 0. The fourth-order valence-corrected chi connectivity index (χ4v) is 2.86. The second kappa shape index (κ2) is 6.23. The normalized spacial score (nSPS) is 14.9.